The lowest BCUT2D eigenvalue weighted by molar-refractivity contribution is 0.0661. The minimum atomic E-state index is -4.06. The fourth-order valence-electron chi connectivity index (χ4n) is 1.42. The minimum Gasteiger partial charge on any atom is -0.475 e. The number of furan rings is 1. The Bertz CT molecular complexity index is 818. The molecule has 1 heterocycles. The van der Waals surface area contributed by atoms with Gasteiger partial charge in [0, 0.05) is 10.5 Å². The van der Waals surface area contributed by atoms with Crippen LogP contribution in [0.15, 0.2) is 42.7 Å². The highest BCUT2D eigenvalue weighted by molar-refractivity contribution is 9.10. The summed E-state index contributed by atoms with van der Waals surface area (Å²) >= 11 is 12.0. The molecule has 1 aromatic carbocycles. The number of carboxylic acid groups (broad SMARTS) is 1. The van der Waals surface area contributed by atoms with E-state index in [-0.39, 0.29) is 20.3 Å². The number of halogens is 3. The van der Waals surface area contributed by atoms with Crippen LogP contribution in [0.5, 0.6) is 0 Å². The second-order valence-corrected chi connectivity index (χ2v) is 7.48. The third kappa shape index (κ3) is 3.60. The maximum atomic E-state index is 12.3. The van der Waals surface area contributed by atoms with Crippen LogP contribution >= 0.6 is 43.5 Å². The van der Waals surface area contributed by atoms with E-state index in [1.807, 2.05) is 0 Å². The number of carboxylic acids is 1. The second-order valence-electron chi connectivity index (χ2n) is 3.78. The average Bonchev–Trinajstić information content (AvgIpc) is 2.77. The number of benzene rings is 1. The SMILES string of the molecule is O=C(O)c1cc(S(=O)(=O)Nc2cc(Br)ccc2Cl)c(Br)o1. The molecule has 21 heavy (non-hydrogen) atoms. The summed E-state index contributed by atoms with van der Waals surface area (Å²) < 4.78 is 32.0. The van der Waals surface area contributed by atoms with Crippen molar-refractivity contribution in [2.75, 3.05) is 4.72 Å². The molecule has 1 aromatic heterocycles. The van der Waals surface area contributed by atoms with E-state index in [2.05, 4.69) is 36.6 Å². The van der Waals surface area contributed by atoms with Crippen LogP contribution in [-0.2, 0) is 10.0 Å². The Balaban J connectivity index is 2.43. The van der Waals surface area contributed by atoms with Gasteiger partial charge in [-0.1, -0.05) is 27.5 Å². The minimum absolute atomic E-state index is 0.149. The number of nitrogens with one attached hydrogen (secondary N) is 1. The van der Waals surface area contributed by atoms with E-state index in [0.717, 1.165) is 6.07 Å². The Labute approximate surface area is 141 Å². The summed E-state index contributed by atoms with van der Waals surface area (Å²) in [6.45, 7) is 0. The third-order valence-corrected chi connectivity index (χ3v) is 5.37. The highest BCUT2D eigenvalue weighted by atomic mass is 79.9. The summed E-state index contributed by atoms with van der Waals surface area (Å²) in [5, 5.41) is 9.00. The topological polar surface area (TPSA) is 96.6 Å². The summed E-state index contributed by atoms with van der Waals surface area (Å²) in [6.07, 6.45) is 0. The molecule has 0 saturated carbocycles. The van der Waals surface area contributed by atoms with Crippen LogP contribution in [0.25, 0.3) is 0 Å². The van der Waals surface area contributed by atoms with Crippen LogP contribution in [-0.4, -0.2) is 19.5 Å². The van der Waals surface area contributed by atoms with Crippen molar-refractivity contribution in [1.29, 1.82) is 0 Å². The van der Waals surface area contributed by atoms with Crippen molar-refractivity contribution < 1.29 is 22.7 Å². The molecular formula is C11H6Br2ClNO5S. The molecule has 0 atom stereocenters. The van der Waals surface area contributed by atoms with Gasteiger partial charge in [-0.15, -0.1) is 0 Å². The summed E-state index contributed by atoms with van der Waals surface area (Å²) in [5.74, 6) is -1.87. The van der Waals surface area contributed by atoms with Gasteiger partial charge < -0.3 is 9.52 Å². The van der Waals surface area contributed by atoms with Gasteiger partial charge in [-0.25, -0.2) is 13.2 Å². The van der Waals surface area contributed by atoms with Gasteiger partial charge in [-0.2, -0.15) is 0 Å². The van der Waals surface area contributed by atoms with Gasteiger partial charge in [0.15, 0.2) is 4.67 Å². The summed E-state index contributed by atoms with van der Waals surface area (Å²) in [7, 11) is -4.06. The number of carbonyl (C=O) groups is 1. The fourth-order valence-corrected chi connectivity index (χ4v) is 4.01. The molecule has 0 saturated heterocycles. The lowest BCUT2D eigenvalue weighted by Gasteiger charge is -2.08. The number of hydrogen-bond donors (Lipinski definition) is 2. The van der Waals surface area contributed by atoms with Gasteiger partial charge >= 0.3 is 5.97 Å². The zero-order valence-corrected chi connectivity index (χ0v) is 14.7. The molecule has 0 aliphatic carbocycles. The molecule has 6 nitrogen and oxygen atoms in total. The summed E-state index contributed by atoms with van der Waals surface area (Å²) in [4.78, 5) is 10.5. The molecule has 0 amide bonds. The fraction of sp³-hybridized carbons (Fsp3) is 0. The predicted octanol–water partition coefficient (Wildman–Crippen LogP) is 3.96. The molecule has 0 fully saturated rings. The summed E-state index contributed by atoms with van der Waals surface area (Å²) in [6, 6.07) is 5.54. The Morgan fingerprint density at radius 2 is 1.95 bits per heavy atom. The van der Waals surface area contributed by atoms with Crippen LogP contribution in [0.2, 0.25) is 5.02 Å². The van der Waals surface area contributed by atoms with Crippen molar-refractivity contribution in [3.8, 4) is 0 Å². The molecule has 2 aromatic rings. The van der Waals surface area contributed by atoms with Crippen LogP contribution in [0.1, 0.15) is 10.6 Å². The average molecular weight is 459 g/mol. The van der Waals surface area contributed by atoms with Crippen molar-refractivity contribution in [2.45, 2.75) is 4.90 Å². The molecule has 112 valence electrons. The molecule has 0 spiro atoms. The lowest BCUT2D eigenvalue weighted by atomic mass is 10.3. The molecule has 0 radical (unpaired) electrons. The van der Waals surface area contributed by atoms with Crippen molar-refractivity contribution >= 4 is 65.1 Å². The lowest BCUT2D eigenvalue weighted by Crippen LogP contribution is -2.13. The third-order valence-electron chi connectivity index (χ3n) is 2.33. The molecule has 2 rings (SSSR count). The Kier molecular flexibility index (Phi) is 4.66. The Hall–Kier alpha value is -1.03. The number of hydrogen-bond acceptors (Lipinski definition) is 4. The van der Waals surface area contributed by atoms with Crippen molar-refractivity contribution in [1.82, 2.24) is 0 Å². The first kappa shape index (κ1) is 16.3. The van der Waals surface area contributed by atoms with Gasteiger partial charge in [-0.05, 0) is 34.1 Å². The highest BCUT2D eigenvalue weighted by Crippen LogP contribution is 2.31. The normalized spacial score (nSPS) is 11.4. The van der Waals surface area contributed by atoms with Crippen LogP contribution in [0.3, 0.4) is 0 Å². The standard InChI is InChI=1S/C11H6Br2ClNO5S/c12-5-1-2-6(14)7(3-5)15-21(18,19)9-4-8(11(16)17)20-10(9)13/h1-4,15H,(H,16,17). The molecule has 0 aliphatic rings. The van der Waals surface area contributed by atoms with E-state index in [0.29, 0.717) is 4.47 Å². The van der Waals surface area contributed by atoms with E-state index in [1.165, 1.54) is 12.1 Å². The van der Waals surface area contributed by atoms with Gasteiger partial charge in [0.05, 0.1) is 10.7 Å². The number of anilines is 1. The maximum Gasteiger partial charge on any atom is 0.371 e. The number of rotatable bonds is 4. The highest BCUT2D eigenvalue weighted by Gasteiger charge is 2.25. The monoisotopic (exact) mass is 457 g/mol. The summed E-state index contributed by atoms with van der Waals surface area (Å²) in [5.41, 5.74) is 0.149. The van der Waals surface area contributed by atoms with E-state index in [9.17, 15) is 13.2 Å². The van der Waals surface area contributed by atoms with Crippen LogP contribution in [0, 0.1) is 0 Å². The smallest absolute Gasteiger partial charge is 0.371 e. The van der Waals surface area contributed by atoms with E-state index >= 15 is 0 Å². The van der Waals surface area contributed by atoms with Crippen LogP contribution < -0.4 is 4.72 Å². The van der Waals surface area contributed by atoms with E-state index < -0.39 is 21.8 Å². The Morgan fingerprint density at radius 3 is 2.52 bits per heavy atom. The van der Waals surface area contributed by atoms with Gasteiger partial charge in [-0.3, -0.25) is 4.72 Å². The van der Waals surface area contributed by atoms with Crippen molar-refractivity contribution in [3.63, 3.8) is 0 Å². The predicted molar refractivity (Wildman–Crippen MR) is 83.3 cm³/mol. The molecule has 0 bridgehead atoms. The zero-order chi connectivity index (χ0) is 15.8. The quantitative estimate of drug-likeness (QED) is 0.722. The second kappa shape index (κ2) is 5.99. The molecule has 10 heteroatoms. The van der Waals surface area contributed by atoms with Gasteiger partial charge in [0.25, 0.3) is 10.0 Å². The van der Waals surface area contributed by atoms with Crippen molar-refractivity contribution in [2.24, 2.45) is 0 Å². The van der Waals surface area contributed by atoms with Gasteiger partial charge in [0.2, 0.25) is 5.76 Å². The maximum absolute atomic E-state index is 12.3. The van der Waals surface area contributed by atoms with E-state index in [1.54, 1.807) is 6.07 Å². The first-order valence-electron chi connectivity index (χ1n) is 5.21. The molecular weight excluding hydrogens is 453 g/mol. The Morgan fingerprint density at radius 1 is 1.29 bits per heavy atom. The number of sulfonamides is 1. The largest absolute Gasteiger partial charge is 0.475 e. The zero-order valence-electron chi connectivity index (χ0n) is 9.93. The van der Waals surface area contributed by atoms with E-state index in [4.69, 9.17) is 21.1 Å². The van der Waals surface area contributed by atoms with Crippen molar-refractivity contribution in [3.05, 3.63) is 44.2 Å². The molecule has 0 unspecified atom stereocenters. The number of aromatic carboxylic acids is 1. The molecule has 2 N–H and O–H groups in total. The molecule has 0 aliphatic heterocycles. The van der Waals surface area contributed by atoms with Crippen LogP contribution in [0.4, 0.5) is 5.69 Å². The first-order chi connectivity index (χ1) is 9.70. The van der Waals surface area contributed by atoms with Gasteiger partial charge in [0.1, 0.15) is 4.90 Å². The first-order valence-corrected chi connectivity index (χ1v) is 8.66.